The van der Waals surface area contributed by atoms with Gasteiger partial charge in [0.2, 0.25) is 0 Å². The van der Waals surface area contributed by atoms with E-state index in [-0.39, 0.29) is 11.2 Å². The molecule has 28 heavy (non-hydrogen) atoms. The second kappa shape index (κ2) is 6.14. The van der Waals surface area contributed by atoms with E-state index < -0.39 is 4.92 Å². The van der Waals surface area contributed by atoms with Crippen LogP contribution in [0.25, 0.3) is 33.4 Å². The molecular weight excluding hydrogens is 378 g/mol. The third-order valence-electron chi connectivity index (χ3n) is 4.41. The van der Waals surface area contributed by atoms with Gasteiger partial charge in [-0.2, -0.15) is 0 Å². The fourth-order valence-corrected chi connectivity index (χ4v) is 4.04. The van der Waals surface area contributed by atoms with Crippen LogP contribution in [0.2, 0.25) is 0 Å². The minimum atomic E-state index is -0.447. The maximum Gasteiger partial charge on any atom is 0.275 e. The number of rotatable bonds is 3. The van der Waals surface area contributed by atoms with Gasteiger partial charge in [0.25, 0.3) is 11.2 Å². The number of para-hydroxylation sites is 2. The van der Waals surface area contributed by atoms with Crippen molar-refractivity contribution in [2.24, 2.45) is 0 Å². The zero-order valence-corrected chi connectivity index (χ0v) is 15.1. The number of imidazole rings is 1. The molecule has 0 aliphatic heterocycles. The molecule has 0 spiro atoms. The largest absolute Gasteiger partial charge is 0.457 e. The summed E-state index contributed by atoms with van der Waals surface area (Å²) in [6, 6.07) is 17.2. The summed E-state index contributed by atoms with van der Waals surface area (Å²) in [5.74, 6) is 1.10. The molecule has 0 unspecified atom stereocenters. The Labute approximate surface area is 160 Å². The predicted molar refractivity (Wildman–Crippen MR) is 106 cm³/mol. The summed E-state index contributed by atoms with van der Waals surface area (Å²) in [6.07, 6.45) is 1.69. The predicted octanol–water partition coefficient (Wildman–Crippen LogP) is 3.63. The van der Waals surface area contributed by atoms with Crippen LogP contribution in [0.1, 0.15) is 5.76 Å². The van der Waals surface area contributed by atoms with E-state index in [0.717, 1.165) is 16.6 Å². The highest BCUT2D eigenvalue weighted by Crippen LogP contribution is 2.25. The van der Waals surface area contributed by atoms with Crippen molar-refractivity contribution in [2.45, 2.75) is 0 Å². The molecule has 5 rings (SSSR count). The minimum absolute atomic E-state index is 0.0206. The van der Waals surface area contributed by atoms with Crippen LogP contribution in [0, 0.1) is 10.1 Å². The molecule has 0 saturated carbocycles. The molecule has 0 fully saturated rings. The summed E-state index contributed by atoms with van der Waals surface area (Å²) < 4.78 is 7.93. The highest BCUT2D eigenvalue weighted by Gasteiger charge is 2.12. The first-order valence-electron chi connectivity index (χ1n) is 8.36. The van der Waals surface area contributed by atoms with E-state index in [2.05, 4.69) is 4.98 Å². The number of aromatic nitrogens is 2. The SMILES string of the molecule is O=c1/c(=C/c2ccc(-c3ccc([N+](=O)[O-])cc3)o2)sc2nc3ccccc3n12. The molecule has 2 aromatic carbocycles. The second-order valence-electron chi connectivity index (χ2n) is 6.14. The monoisotopic (exact) mass is 389 g/mol. The normalized spacial score (nSPS) is 12.2. The quantitative estimate of drug-likeness (QED) is 0.347. The fraction of sp³-hybridized carbons (Fsp3) is 0. The molecular formula is C20H11N3O4S. The molecule has 0 aliphatic rings. The third-order valence-corrected chi connectivity index (χ3v) is 5.38. The van der Waals surface area contributed by atoms with Gasteiger partial charge in [-0.05, 0) is 36.4 Å². The lowest BCUT2D eigenvalue weighted by Crippen LogP contribution is -2.22. The third kappa shape index (κ3) is 2.58. The lowest BCUT2D eigenvalue weighted by Gasteiger charge is -1.96. The Morgan fingerprint density at radius 3 is 2.64 bits per heavy atom. The van der Waals surface area contributed by atoms with Crippen molar-refractivity contribution < 1.29 is 9.34 Å². The van der Waals surface area contributed by atoms with Gasteiger partial charge in [0.15, 0.2) is 4.96 Å². The van der Waals surface area contributed by atoms with E-state index in [1.807, 2.05) is 24.3 Å². The van der Waals surface area contributed by atoms with Crippen LogP contribution in [0.4, 0.5) is 5.69 Å². The number of fused-ring (bicyclic) bond motifs is 3. The maximum absolute atomic E-state index is 12.8. The van der Waals surface area contributed by atoms with Gasteiger partial charge in [0, 0.05) is 23.8 Å². The van der Waals surface area contributed by atoms with Crippen LogP contribution >= 0.6 is 11.3 Å². The van der Waals surface area contributed by atoms with Gasteiger partial charge >= 0.3 is 0 Å². The van der Waals surface area contributed by atoms with Crippen molar-refractivity contribution in [3.05, 3.63) is 91.4 Å². The summed E-state index contributed by atoms with van der Waals surface area (Å²) in [4.78, 5) is 28.2. The maximum atomic E-state index is 12.8. The van der Waals surface area contributed by atoms with Crippen LogP contribution in [0.3, 0.4) is 0 Å². The summed E-state index contributed by atoms with van der Waals surface area (Å²) in [5.41, 5.74) is 2.18. The number of benzene rings is 2. The number of nitrogens with zero attached hydrogens (tertiary/aromatic N) is 3. The molecule has 0 aliphatic carbocycles. The molecule has 0 radical (unpaired) electrons. The first kappa shape index (κ1) is 16.4. The van der Waals surface area contributed by atoms with Gasteiger partial charge in [0.05, 0.1) is 16.0 Å². The summed E-state index contributed by atoms with van der Waals surface area (Å²) in [7, 11) is 0. The van der Waals surface area contributed by atoms with E-state index >= 15 is 0 Å². The van der Waals surface area contributed by atoms with E-state index in [1.165, 1.54) is 23.5 Å². The van der Waals surface area contributed by atoms with Crippen molar-refractivity contribution in [3.8, 4) is 11.3 Å². The van der Waals surface area contributed by atoms with Crippen LogP contribution in [0.5, 0.6) is 0 Å². The molecule has 5 aromatic rings. The van der Waals surface area contributed by atoms with Crippen molar-refractivity contribution in [2.75, 3.05) is 0 Å². The van der Waals surface area contributed by atoms with Gasteiger partial charge in [0.1, 0.15) is 16.1 Å². The molecule has 8 heteroatoms. The molecule has 3 aromatic heterocycles. The standard InChI is InChI=1S/C20H11N3O4S/c24-19-18(28-20-21-15-3-1-2-4-16(15)22(19)20)11-14-9-10-17(27-14)12-5-7-13(8-6-12)23(25)26/h1-11H/b18-11-. The number of nitro groups is 1. The number of thiazole rings is 1. The Bertz CT molecular complexity index is 1460. The van der Waals surface area contributed by atoms with Crippen LogP contribution < -0.4 is 10.1 Å². The van der Waals surface area contributed by atoms with Gasteiger partial charge in [-0.15, -0.1) is 0 Å². The smallest absolute Gasteiger partial charge is 0.275 e. The molecule has 0 saturated heterocycles. The lowest BCUT2D eigenvalue weighted by atomic mass is 10.1. The molecule has 7 nitrogen and oxygen atoms in total. The zero-order chi connectivity index (χ0) is 19.3. The summed E-state index contributed by atoms with van der Waals surface area (Å²) >= 11 is 1.30. The Hall–Kier alpha value is -3.78. The minimum Gasteiger partial charge on any atom is -0.457 e. The number of hydrogen-bond acceptors (Lipinski definition) is 6. The Morgan fingerprint density at radius 2 is 1.86 bits per heavy atom. The first-order chi connectivity index (χ1) is 13.6. The summed E-state index contributed by atoms with van der Waals surface area (Å²) in [5, 5.41) is 10.8. The van der Waals surface area contributed by atoms with E-state index in [1.54, 1.807) is 34.7 Å². The Kier molecular flexibility index (Phi) is 3.59. The van der Waals surface area contributed by atoms with E-state index in [0.29, 0.717) is 21.0 Å². The molecule has 0 amide bonds. The average molecular weight is 389 g/mol. The average Bonchev–Trinajstić information content (AvgIpc) is 3.38. The number of hydrogen-bond donors (Lipinski definition) is 0. The lowest BCUT2D eigenvalue weighted by molar-refractivity contribution is -0.384. The molecule has 0 bridgehead atoms. The number of furan rings is 1. The van der Waals surface area contributed by atoms with Crippen molar-refractivity contribution in [1.82, 2.24) is 9.38 Å². The van der Waals surface area contributed by atoms with Crippen molar-refractivity contribution >= 4 is 39.1 Å². The van der Waals surface area contributed by atoms with E-state index in [4.69, 9.17) is 4.42 Å². The molecule has 0 N–H and O–H groups in total. The van der Waals surface area contributed by atoms with Crippen LogP contribution in [0.15, 0.2) is 69.9 Å². The Morgan fingerprint density at radius 1 is 1.07 bits per heavy atom. The molecule has 0 atom stereocenters. The fourth-order valence-electron chi connectivity index (χ4n) is 3.07. The Balaban J connectivity index is 1.56. The zero-order valence-electron chi connectivity index (χ0n) is 14.2. The topological polar surface area (TPSA) is 90.6 Å². The molecule has 136 valence electrons. The number of non-ortho nitro benzene ring substituents is 1. The number of nitro benzene ring substituents is 1. The highest BCUT2D eigenvalue weighted by atomic mass is 32.1. The second-order valence-corrected chi connectivity index (χ2v) is 7.15. The van der Waals surface area contributed by atoms with Crippen LogP contribution in [-0.4, -0.2) is 14.3 Å². The molecule has 3 heterocycles. The van der Waals surface area contributed by atoms with E-state index in [9.17, 15) is 14.9 Å². The van der Waals surface area contributed by atoms with Gasteiger partial charge in [-0.3, -0.25) is 14.9 Å². The summed E-state index contributed by atoms with van der Waals surface area (Å²) in [6.45, 7) is 0. The first-order valence-corrected chi connectivity index (χ1v) is 9.18. The van der Waals surface area contributed by atoms with Crippen LogP contribution in [-0.2, 0) is 0 Å². The van der Waals surface area contributed by atoms with Gasteiger partial charge in [-0.1, -0.05) is 23.5 Å². The van der Waals surface area contributed by atoms with Crippen molar-refractivity contribution in [1.29, 1.82) is 0 Å². The van der Waals surface area contributed by atoms with Crippen molar-refractivity contribution in [3.63, 3.8) is 0 Å². The van der Waals surface area contributed by atoms with Gasteiger partial charge < -0.3 is 4.42 Å². The van der Waals surface area contributed by atoms with Gasteiger partial charge in [-0.25, -0.2) is 9.38 Å². The highest BCUT2D eigenvalue weighted by molar-refractivity contribution is 7.15.